The Hall–Kier alpha value is -0.380. The van der Waals surface area contributed by atoms with Crippen LogP contribution in [0, 0.1) is 5.41 Å². The summed E-state index contributed by atoms with van der Waals surface area (Å²) in [6.45, 7) is 1.97. The molecule has 0 bridgehead atoms. The summed E-state index contributed by atoms with van der Waals surface area (Å²) in [5.41, 5.74) is 7.21. The van der Waals surface area contributed by atoms with Crippen molar-refractivity contribution in [1.82, 2.24) is 4.90 Å². The Bertz CT molecular complexity index is 424. The molecule has 1 aromatic heterocycles. The first kappa shape index (κ1) is 15.5. The van der Waals surface area contributed by atoms with Crippen molar-refractivity contribution in [3.8, 4) is 0 Å². The fraction of sp³-hybridized carbons (Fsp3) is 0.778. The van der Waals surface area contributed by atoms with E-state index in [9.17, 15) is 0 Å². The summed E-state index contributed by atoms with van der Waals surface area (Å²) in [6, 6.07) is 4.41. The SMILES string of the molecule is CN(CCc1cccs1)C1(CN)CCC2(CCCC2)CC1. The lowest BCUT2D eigenvalue weighted by molar-refractivity contribution is 0.0313. The van der Waals surface area contributed by atoms with Crippen molar-refractivity contribution in [2.45, 2.75) is 63.3 Å². The maximum atomic E-state index is 6.24. The van der Waals surface area contributed by atoms with E-state index in [1.54, 1.807) is 0 Å². The molecular weight excluding hydrogens is 276 g/mol. The smallest absolute Gasteiger partial charge is 0.0329 e. The molecule has 2 aliphatic rings. The zero-order valence-electron chi connectivity index (χ0n) is 13.4. The van der Waals surface area contributed by atoms with Crippen molar-refractivity contribution >= 4 is 11.3 Å². The number of likely N-dealkylation sites (N-methyl/N-ethyl adjacent to an activating group) is 1. The van der Waals surface area contributed by atoms with E-state index in [1.807, 2.05) is 11.3 Å². The van der Waals surface area contributed by atoms with Gasteiger partial charge >= 0.3 is 0 Å². The highest BCUT2D eigenvalue weighted by Crippen LogP contribution is 2.52. The van der Waals surface area contributed by atoms with Crippen LogP contribution >= 0.6 is 11.3 Å². The van der Waals surface area contributed by atoms with Gasteiger partial charge in [-0.2, -0.15) is 0 Å². The molecule has 21 heavy (non-hydrogen) atoms. The second-order valence-electron chi connectivity index (χ2n) is 7.39. The summed E-state index contributed by atoms with van der Waals surface area (Å²) in [5, 5.41) is 2.18. The van der Waals surface area contributed by atoms with E-state index in [1.165, 1.54) is 62.7 Å². The summed E-state index contributed by atoms with van der Waals surface area (Å²) in [5.74, 6) is 0. The summed E-state index contributed by atoms with van der Waals surface area (Å²) < 4.78 is 0. The minimum atomic E-state index is 0.269. The predicted molar refractivity (Wildman–Crippen MR) is 91.8 cm³/mol. The average Bonchev–Trinajstić information content (AvgIpc) is 3.18. The van der Waals surface area contributed by atoms with Crippen molar-refractivity contribution in [2.75, 3.05) is 20.1 Å². The van der Waals surface area contributed by atoms with Crippen LogP contribution in [0.25, 0.3) is 0 Å². The fourth-order valence-electron chi connectivity index (χ4n) is 4.58. The molecule has 0 unspecified atom stereocenters. The normalized spacial score (nSPS) is 24.0. The van der Waals surface area contributed by atoms with E-state index in [-0.39, 0.29) is 5.54 Å². The quantitative estimate of drug-likeness (QED) is 0.889. The Morgan fingerprint density at radius 3 is 2.43 bits per heavy atom. The standard InChI is InChI=1S/C18H30N2S/c1-20(13-6-16-5-4-14-21-16)18(15-19)11-9-17(10-12-18)7-2-3-8-17/h4-5,14H,2-3,6-13,15,19H2,1H3. The van der Waals surface area contributed by atoms with E-state index >= 15 is 0 Å². The third kappa shape index (κ3) is 3.20. The summed E-state index contributed by atoms with van der Waals surface area (Å²) in [6.07, 6.45) is 12.5. The largest absolute Gasteiger partial charge is 0.329 e. The van der Waals surface area contributed by atoms with Crippen LogP contribution < -0.4 is 5.73 Å². The van der Waals surface area contributed by atoms with Gasteiger partial charge in [-0.25, -0.2) is 0 Å². The maximum absolute atomic E-state index is 6.24. The molecule has 2 fully saturated rings. The van der Waals surface area contributed by atoms with Gasteiger partial charge in [-0.15, -0.1) is 11.3 Å². The van der Waals surface area contributed by atoms with Crippen LogP contribution in [0.1, 0.15) is 56.2 Å². The van der Waals surface area contributed by atoms with Gasteiger partial charge in [-0.05, 0) is 68.9 Å². The molecule has 1 spiro atoms. The molecule has 2 aliphatic carbocycles. The van der Waals surface area contributed by atoms with Crippen LogP contribution in [0.15, 0.2) is 17.5 Å². The average molecular weight is 307 g/mol. The van der Waals surface area contributed by atoms with Crippen molar-refractivity contribution in [3.63, 3.8) is 0 Å². The van der Waals surface area contributed by atoms with Crippen LogP contribution in [0.5, 0.6) is 0 Å². The number of hydrogen-bond donors (Lipinski definition) is 1. The molecule has 0 amide bonds. The lowest BCUT2D eigenvalue weighted by Crippen LogP contribution is -2.55. The van der Waals surface area contributed by atoms with Crippen LogP contribution in [0.3, 0.4) is 0 Å². The minimum absolute atomic E-state index is 0.269. The zero-order chi connectivity index (χ0) is 14.8. The third-order valence-corrected chi connectivity index (χ3v) is 7.31. The van der Waals surface area contributed by atoms with Gasteiger partial charge in [0, 0.05) is 23.5 Å². The summed E-state index contributed by atoms with van der Waals surface area (Å²) in [4.78, 5) is 4.08. The first-order chi connectivity index (χ1) is 10.2. The molecule has 3 heteroatoms. The number of rotatable bonds is 5. The molecule has 2 saturated carbocycles. The molecular formula is C18H30N2S. The van der Waals surface area contributed by atoms with Gasteiger partial charge in [0.25, 0.3) is 0 Å². The van der Waals surface area contributed by atoms with E-state index in [0.717, 1.165) is 13.1 Å². The highest BCUT2D eigenvalue weighted by molar-refractivity contribution is 7.09. The van der Waals surface area contributed by atoms with Gasteiger partial charge in [0.1, 0.15) is 0 Å². The lowest BCUT2D eigenvalue weighted by atomic mass is 9.66. The van der Waals surface area contributed by atoms with Gasteiger partial charge in [0.2, 0.25) is 0 Å². The number of thiophene rings is 1. The van der Waals surface area contributed by atoms with Crippen LogP contribution in [-0.4, -0.2) is 30.6 Å². The molecule has 2 nitrogen and oxygen atoms in total. The van der Waals surface area contributed by atoms with Crippen LogP contribution in [-0.2, 0) is 6.42 Å². The first-order valence-corrected chi connectivity index (χ1v) is 9.50. The number of hydrogen-bond acceptors (Lipinski definition) is 3. The van der Waals surface area contributed by atoms with Gasteiger partial charge in [0.15, 0.2) is 0 Å². The second-order valence-corrected chi connectivity index (χ2v) is 8.42. The number of nitrogens with zero attached hydrogens (tertiary/aromatic N) is 1. The van der Waals surface area contributed by atoms with Crippen molar-refractivity contribution < 1.29 is 0 Å². The van der Waals surface area contributed by atoms with E-state index in [2.05, 4.69) is 29.5 Å². The van der Waals surface area contributed by atoms with Crippen LogP contribution in [0.4, 0.5) is 0 Å². The Morgan fingerprint density at radius 1 is 1.14 bits per heavy atom. The first-order valence-electron chi connectivity index (χ1n) is 8.62. The molecule has 0 aromatic carbocycles. The summed E-state index contributed by atoms with van der Waals surface area (Å²) >= 11 is 1.88. The highest BCUT2D eigenvalue weighted by atomic mass is 32.1. The van der Waals surface area contributed by atoms with E-state index < -0.39 is 0 Å². The minimum Gasteiger partial charge on any atom is -0.329 e. The van der Waals surface area contributed by atoms with Gasteiger partial charge in [-0.3, -0.25) is 4.90 Å². The second kappa shape index (κ2) is 6.39. The van der Waals surface area contributed by atoms with Gasteiger partial charge < -0.3 is 5.73 Å². The third-order valence-electron chi connectivity index (χ3n) is 6.37. The zero-order valence-corrected chi connectivity index (χ0v) is 14.3. The monoisotopic (exact) mass is 306 g/mol. The molecule has 0 atom stereocenters. The van der Waals surface area contributed by atoms with E-state index in [0.29, 0.717) is 5.41 Å². The lowest BCUT2D eigenvalue weighted by Gasteiger charge is -2.49. The maximum Gasteiger partial charge on any atom is 0.0329 e. The molecule has 0 saturated heterocycles. The highest BCUT2D eigenvalue weighted by Gasteiger charge is 2.44. The van der Waals surface area contributed by atoms with Gasteiger partial charge in [0.05, 0.1) is 0 Å². The Kier molecular flexibility index (Phi) is 4.72. The predicted octanol–water partition coefficient (Wildman–Crippen LogP) is 4.05. The fourth-order valence-corrected chi connectivity index (χ4v) is 5.28. The topological polar surface area (TPSA) is 29.3 Å². The molecule has 0 aliphatic heterocycles. The molecule has 3 rings (SSSR count). The summed E-state index contributed by atoms with van der Waals surface area (Å²) in [7, 11) is 2.30. The Labute approximate surface area is 133 Å². The Morgan fingerprint density at radius 2 is 1.86 bits per heavy atom. The van der Waals surface area contributed by atoms with Crippen molar-refractivity contribution in [2.24, 2.45) is 11.1 Å². The van der Waals surface area contributed by atoms with Crippen molar-refractivity contribution in [1.29, 1.82) is 0 Å². The molecule has 1 heterocycles. The molecule has 118 valence electrons. The number of nitrogens with two attached hydrogens (primary N) is 1. The van der Waals surface area contributed by atoms with Gasteiger partial charge in [-0.1, -0.05) is 18.9 Å². The molecule has 0 radical (unpaired) electrons. The molecule has 1 aromatic rings. The molecule has 2 N–H and O–H groups in total. The van der Waals surface area contributed by atoms with Crippen LogP contribution in [0.2, 0.25) is 0 Å². The van der Waals surface area contributed by atoms with Crippen molar-refractivity contribution in [3.05, 3.63) is 22.4 Å². The Balaban J connectivity index is 1.58. The van der Waals surface area contributed by atoms with E-state index in [4.69, 9.17) is 5.73 Å².